The van der Waals surface area contributed by atoms with E-state index in [9.17, 15) is 0 Å². The molecule has 80 valence electrons. The molecule has 3 aromatic rings. The third-order valence-corrected chi connectivity index (χ3v) is 2.53. The highest BCUT2D eigenvalue weighted by Gasteiger charge is 2.13. The second-order valence-corrected chi connectivity index (χ2v) is 3.49. The van der Waals surface area contributed by atoms with E-state index >= 15 is 0 Å². The third-order valence-electron chi connectivity index (χ3n) is 2.53. The highest BCUT2D eigenvalue weighted by Crippen LogP contribution is 2.24. The number of nitrogens with two attached hydrogens (primary N) is 1. The van der Waals surface area contributed by atoms with Gasteiger partial charge in [-0.25, -0.2) is 4.98 Å². The Morgan fingerprint density at radius 3 is 2.88 bits per heavy atom. The van der Waals surface area contributed by atoms with Crippen LogP contribution in [0.3, 0.4) is 0 Å². The van der Waals surface area contributed by atoms with E-state index in [0.29, 0.717) is 5.82 Å². The number of nitrogens with zero attached hydrogens (tertiary/aromatic N) is 5. The zero-order chi connectivity index (χ0) is 11.1. The van der Waals surface area contributed by atoms with Gasteiger partial charge in [0.05, 0.1) is 11.9 Å². The van der Waals surface area contributed by atoms with E-state index in [0.717, 1.165) is 17.0 Å². The summed E-state index contributed by atoms with van der Waals surface area (Å²) in [6.07, 6.45) is 6.86. The number of nitrogen functional groups attached to an aromatic ring is 1. The maximum atomic E-state index is 6.03. The summed E-state index contributed by atoms with van der Waals surface area (Å²) in [4.78, 5) is 8.44. The van der Waals surface area contributed by atoms with Crippen LogP contribution < -0.4 is 5.73 Å². The molecule has 0 unspecified atom stereocenters. The van der Waals surface area contributed by atoms with Crippen molar-refractivity contribution in [2.75, 3.05) is 5.73 Å². The van der Waals surface area contributed by atoms with Crippen LogP contribution in [0.4, 0.5) is 5.82 Å². The minimum Gasteiger partial charge on any atom is -0.383 e. The standard InChI is InChI=1S/C10H10N6/c1-15-7(2-3-13-15)9-10(11)16-5-4-12-6-8(16)14-9/h2-6H,11H2,1H3. The Labute approximate surface area is 91.4 Å². The lowest BCUT2D eigenvalue weighted by molar-refractivity contribution is 0.774. The maximum absolute atomic E-state index is 6.03. The molecule has 2 N–H and O–H groups in total. The topological polar surface area (TPSA) is 74.0 Å². The lowest BCUT2D eigenvalue weighted by Gasteiger charge is -1.98. The molecule has 0 aromatic carbocycles. The molecule has 0 saturated heterocycles. The molecule has 0 fully saturated rings. The fourth-order valence-electron chi connectivity index (χ4n) is 1.72. The summed E-state index contributed by atoms with van der Waals surface area (Å²) in [7, 11) is 1.86. The number of imidazole rings is 1. The molecule has 0 bridgehead atoms. The maximum Gasteiger partial charge on any atom is 0.157 e. The minimum atomic E-state index is 0.598. The number of rotatable bonds is 1. The fraction of sp³-hybridized carbons (Fsp3) is 0.100. The molecular weight excluding hydrogens is 204 g/mol. The van der Waals surface area contributed by atoms with Crippen molar-refractivity contribution in [3.63, 3.8) is 0 Å². The first-order valence-electron chi connectivity index (χ1n) is 4.83. The smallest absolute Gasteiger partial charge is 0.157 e. The Morgan fingerprint density at radius 2 is 2.19 bits per heavy atom. The van der Waals surface area contributed by atoms with Crippen LogP contribution >= 0.6 is 0 Å². The Kier molecular flexibility index (Phi) is 1.70. The van der Waals surface area contributed by atoms with Crippen LogP contribution in [0.2, 0.25) is 0 Å². The van der Waals surface area contributed by atoms with Crippen molar-refractivity contribution in [1.82, 2.24) is 24.1 Å². The van der Waals surface area contributed by atoms with Gasteiger partial charge in [-0.05, 0) is 6.07 Å². The van der Waals surface area contributed by atoms with Gasteiger partial charge in [-0.3, -0.25) is 14.1 Å². The van der Waals surface area contributed by atoms with Gasteiger partial charge in [0, 0.05) is 25.6 Å². The van der Waals surface area contributed by atoms with Crippen LogP contribution in [-0.4, -0.2) is 24.1 Å². The molecule has 6 heteroatoms. The van der Waals surface area contributed by atoms with Crippen molar-refractivity contribution in [2.24, 2.45) is 7.05 Å². The van der Waals surface area contributed by atoms with Crippen LogP contribution in [-0.2, 0) is 7.05 Å². The van der Waals surface area contributed by atoms with Gasteiger partial charge in [-0.1, -0.05) is 0 Å². The lowest BCUT2D eigenvalue weighted by atomic mass is 10.3. The van der Waals surface area contributed by atoms with E-state index in [1.165, 1.54) is 0 Å². The highest BCUT2D eigenvalue weighted by atomic mass is 15.3. The molecule has 16 heavy (non-hydrogen) atoms. The first kappa shape index (κ1) is 8.90. The first-order valence-corrected chi connectivity index (χ1v) is 4.83. The van der Waals surface area contributed by atoms with Crippen LogP contribution in [0.1, 0.15) is 0 Å². The predicted molar refractivity (Wildman–Crippen MR) is 59.6 cm³/mol. The molecule has 0 aliphatic carbocycles. The van der Waals surface area contributed by atoms with E-state index in [1.54, 1.807) is 33.9 Å². The SMILES string of the molecule is Cn1nccc1-c1nc2cnccn2c1N. The molecule has 6 nitrogen and oxygen atoms in total. The van der Waals surface area contributed by atoms with Crippen LogP contribution in [0.15, 0.2) is 30.9 Å². The van der Waals surface area contributed by atoms with Gasteiger partial charge >= 0.3 is 0 Å². The van der Waals surface area contributed by atoms with Gasteiger partial charge in [0.25, 0.3) is 0 Å². The lowest BCUT2D eigenvalue weighted by Crippen LogP contribution is -1.97. The highest BCUT2D eigenvalue weighted by molar-refractivity contribution is 5.72. The summed E-state index contributed by atoms with van der Waals surface area (Å²) >= 11 is 0. The molecule has 0 aliphatic rings. The van der Waals surface area contributed by atoms with Crippen molar-refractivity contribution in [3.05, 3.63) is 30.9 Å². The monoisotopic (exact) mass is 214 g/mol. The molecular formula is C10H10N6. The quantitative estimate of drug-likeness (QED) is 0.647. The average molecular weight is 214 g/mol. The summed E-state index contributed by atoms with van der Waals surface area (Å²) in [5, 5.41) is 4.10. The van der Waals surface area contributed by atoms with Gasteiger partial charge in [-0.15, -0.1) is 0 Å². The Balaban J connectivity index is 2.33. The zero-order valence-electron chi connectivity index (χ0n) is 8.70. The van der Waals surface area contributed by atoms with E-state index in [4.69, 9.17) is 5.73 Å². The van der Waals surface area contributed by atoms with E-state index in [2.05, 4.69) is 15.1 Å². The minimum absolute atomic E-state index is 0.598. The van der Waals surface area contributed by atoms with Gasteiger partial charge in [0.15, 0.2) is 5.65 Å². The number of aromatic nitrogens is 5. The third kappa shape index (κ3) is 1.10. The normalized spacial score (nSPS) is 11.1. The molecule has 0 radical (unpaired) electrons. The predicted octanol–water partition coefficient (Wildman–Crippen LogP) is 0.712. The van der Waals surface area contributed by atoms with Crippen LogP contribution in [0.5, 0.6) is 0 Å². The van der Waals surface area contributed by atoms with Crippen LogP contribution in [0, 0.1) is 0 Å². The molecule has 3 heterocycles. The van der Waals surface area contributed by atoms with E-state index in [1.807, 2.05) is 13.1 Å². The van der Waals surface area contributed by atoms with E-state index < -0.39 is 0 Å². The number of anilines is 1. The number of hydrogen-bond acceptors (Lipinski definition) is 4. The van der Waals surface area contributed by atoms with Crippen molar-refractivity contribution in [3.8, 4) is 11.4 Å². The number of fused-ring (bicyclic) bond motifs is 1. The van der Waals surface area contributed by atoms with Crippen LogP contribution in [0.25, 0.3) is 17.0 Å². The number of hydrogen-bond donors (Lipinski definition) is 1. The van der Waals surface area contributed by atoms with Gasteiger partial charge in [0.2, 0.25) is 0 Å². The van der Waals surface area contributed by atoms with Gasteiger partial charge < -0.3 is 5.73 Å². The van der Waals surface area contributed by atoms with E-state index in [-0.39, 0.29) is 0 Å². The Bertz CT molecular complexity index is 650. The zero-order valence-corrected chi connectivity index (χ0v) is 8.70. The molecule has 3 aromatic heterocycles. The summed E-state index contributed by atoms with van der Waals surface area (Å²) in [5.41, 5.74) is 8.38. The average Bonchev–Trinajstić information content (AvgIpc) is 2.84. The molecule has 0 spiro atoms. The summed E-state index contributed by atoms with van der Waals surface area (Å²) < 4.78 is 3.54. The van der Waals surface area contributed by atoms with Crippen molar-refractivity contribution in [1.29, 1.82) is 0 Å². The largest absolute Gasteiger partial charge is 0.383 e. The second-order valence-electron chi connectivity index (χ2n) is 3.49. The molecule has 0 atom stereocenters. The summed E-state index contributed by atoms with van der Waals surface area (Å²) in [6, 6.07) is 1.88. The Hall–Kier alpha value is -2.37. The van der Waals surface area contributed by atoms with Crippen molar-refractivity contribution in [2.45, 2.75) is 0 Å². The molecule has 3 rings (SSSR count). The summed E-state index contributed by atoms with van der Waals surface area (Å²) in [5.74, 6) is 0.598. The number of aryl methyl sites for hydroxylation is 1. The first-order chi connectivity index (χ1) is 7.77. The van der Waals surface area contributed by atoms with Gasteiger partial charge in [0.1, 0.15) is 11.5 Å². The fourth-order valence-corrected chi connectivity index (χ4v) is 1.72. The van der Waals surface area contributed by atoms with Crippen molar-refractivity contribution >= 4 is 11.5 Å². The second kappa shape index (κ2) is 3.06. The molecule has 0 aliphatic heterocycles. The summed E-state index contributed by atoms with van der Waals surface area (Å²) in [6.45, 7) is 0. The Morgan fingerprint density at radius 1 is 1.31 bits per heavy atom. The molecule has 0 amide bonds. The molecule has 0 saturated carbocycles. The van der Waals surface area contributed by atoms with Gasteiger partial charge in [-0.2, -0.15) is 5.10 Å². The van der Waals surface area contributed by atoms with Crippen molar-refractivity contribution < 1.29 is 0 Å².